The first-order chi connectivity index (χ1) is 8.81. The largest absolute Gasteiger partial charge is 0.478 e. The van der Waals surface area contributed by atoms with Crippen LogP contribution in [0.15, 0.2) is 18.2 Å². The number of nitrogens with one attached hydrogen (secondary N) is 1. The van der Waals surface area contributed by atoms with Gasteiger partial charge in [0.1, 0.15) is 0 Å². The van der Waals surface area contributed by atoms with E-state index in [4.69, 9.17) is 5.11 Å². The van der Waals surface area contributed by atoms with Gasteiger partial charge in [0, 0.05) is 19.7 Å². The Morgan fingerprint density at radius 1 is 1.32 bits per heavy atom. The van der Waals surface area contributed by atoms with E-state index in [-0.39, 0.29) is 23.9 Å². The van der Waals surface area contributed by atoms with Crippen LogP contribution < -0.4 is 5.32 Å². The predicted molar refractivity (Wildman–Crippen MR) is 70.1 cm³/mol. The molecule has 0 aliphatic carbocycles. The van der Waals surface area contributed by atoms with Crippen molar-refractivity contribution < 1.29 is 19.5 Å². The Hall–Kier alpha value is -2.37. The summed E-state index contributed by atoms with van der Waals surface area (Å²) in [4.78, 5) is 34.8. The minimum absolute atomic E-state index is 0.0773. The number of nitrogens with zero attached hydrogens (tertiary/aromatic N) is 1. The maximum atomic E-state index is 11.7. The predicted octanol–water partition coefficient (Wildman–Crippen LogP) is 1.11. The molecule has 0 unspecified atom stereocenters. The zero-order valence-electron chi connectivity index (χ0n) is 11.1. The fourth-order valence-electron chi connectivity index (χ4n) is 1.41. The second-order valence-corrected chi connectivity index (χ2v) is 4.26. The Morgan fingerprint density at radius 2 is 1.95 bits per heavy atom. The Morgan fingerprint density at radius 3 is 2.47 bits per heavy atom. The van der Waals surface area contributed by atoms with Gasteiger partial charge in [-0.25, -0.2) is 4.79 Å². The monoisotopic (exact) mass is 264 g/mol. The van der Waals surface area contributed by atoms with Crippen molar-refractivity contribution in [3.63, 3.8) is 0 Å². The molecule has 0 radical (unpaired) electrons. The van der Waals surface area contributed by atoms with E-state index in [1.54, 1.807) is 13.0 Å². The third-order valence-corrected chi connectivity index (χ3v) is 2.68. The highest BCUT2D eigenvalue weighted by molar-refractivity contribution is 5.96. The number of carboxylic acid groups (broad SMARTS) is 1. The van der Waals surface area contributed by atoms with Gasteiger partial charge >= 0.3 is 5.97 Å². The second kappa shape index (κ2) is 5.99. The van der Waals surface area contributed by atoms with Crippen molar-refractivity contribution in [2.45, 2.75) is 13.8 Å². The molecule has 0 fully saturated rings. The first-order valence-corrected chi connectivity index (χ1v) is 5.66. The van der Waals surface area contributed by atoms with Crippen molar-refractivity contribution in [1.82, 2.24) is 4.90 Å². The van der Waals surface area contributed by atoms with Crippen molar-refractivity contribution in [2.24, 2.45) is 0 Å². The van der Waals surface area contributed by atoms with Crippen molar-refractivity contribution >= 4 is 23.5 Å². The van der Waals surface area contributed by atoms with Gasteiger partial charge in [-0.1, -0.05) is 6.07 Å². The number of amides is 2. The van der Waals surface area contributed by atoms with Gasteiger partial charge in [0.15, 0.2) is 0 Å². The van der Waals surface area contributed by atoms with E-state index in [0.29, 0.717) is 5.69 Å². The normalized spacial score (nSPS) is 9.84. The van der Waals surface area contributed by atoms with E-state index in [9.17, 15) is 14.4 Å². The van der Waals surface area contributed by atoms with Crippen LogP contribution in [-0.2, 0) is 9.59 Å². The third-order valence-electron chi connectivity index (χ3n) is 2.68. The molecular formula is C13H16N2O4. The Bertz CT molecular complexity index is 525. The number of aryl methyl sites for hydroxylation is 1. The fourth-order valence-corrected chi connectivity index (χ4v) is 1.41. The molecule has 6 heteroatoms. The van der Waals surface area contributed by atoms with Crippen molar-refractivity contribution in [1.29, 1.82) is 0 Å². The lowest BCUT2D eigenvalue weighted by Gasteiger charge is -2.15. The molecule has 0 spiro atoms. The number of carbonyl (C=O) groups is 3. The van der Waals surface area contributed by atoms with E-state index < -0.39 is 5.97 Å². The topological polar surface area (TPSA) is 86.7 Å². The maximum Gasteiger partial charge on any atom is 0.335 e. The average molecular weight is 264 g/mol. The number of aromatic carboxylic acids is 1. The SMILES string of the molecule is CC(=O)N(C)CC(=O)Nc1cc(C(=O)O)ccc1C. The summed E-state index contributed by atoms with van der Waals surface area (Å²) in [5, 5.41) is 11.5. The average Bonchev–Trinajstić information content (AvgIpc) is 2.31. The molecule has 0 aliphatic rings. The van der Waals surface area contributed by atoms with Crippen LogP contribution in [0.3, 0.4) is 0 Å². The number of anilines is 1. The summed E-state index contributed by atoms with van der Waals surface area (Å²) in [7, 11) is 1.52. The van der Waals surface area contributed by atoms with Crippen molar-refractivity contribution in [2.75, 3.05) is 18.9 Å². The quantitative estimate of drug-likeness (QED) is 0.852. The Balaban J connectivity index is 2.81. The zero-order valence-corrected chi connectivity index (χ0v) is 11.1. The molecule has 2 N–H and O–H groups in total. The van der Waals surface area contributed by atoms with Crippen LogP contribution in [0.2, 0.25) is 0 Å². The number of hydrogen-bond donors (Lipinski definition) is 2. The Kier molecular flexibility index (Phi) is 4.63. The van der Waals surface area contributed by atoms with E-state index >= 15 is 0 Å². The highest BCUT2D eigenvalue weighted by Gasteiger charge is 2.12. The Labute approximate surface area is 111 Å². The summed E-state index contributed by atoms with van der Waals surface area (Å²) in [6, 6.07) is 4.48. The van der Waals surface area contributed by atoms with E-state index in [1.165, 1.54) is 31.0 Å². The third kappa shape index (κ3) is 4.09. The molecule has 1 aromatic rings. The highest BCUT2D eigenvalue weighted by atomic mass is 16.4. The molecule has 0 saturated carbocycles. The summed E-state index contributed by atoms with van der Waals surface area (Å²) in [5.74, 6) is -1.65. The summed E-state index contributed by atoms with van der Waals surface area (Å²) in [5.41, 5.74) is 1.28. The molecule has 19 heavy (non-hydrogen) atoms. The summed E-state index contributed by atoms with van der Waals surface area (Å²) >= 11 is 0. The molecule has 0 heterocycles. The molecule has 0 aliphatic heterocycles. The first-order valence-electron chi connectivity index (χ1n) is 5.66. The van der Waals surface area contributed by atoms with Gasteiger partial charge in [0.05, 0.1) is 12.1 Å². The van der Waals surface area contributed by atoms with Gasteiger partial charge in [0.25, 0.3) is 0 Å². The molecule has 6 nitrogen and oxygen atoms in total. The van der Waals surface area contributed by atoms with E-state index in [0.717, 1.165) is 5.56 Å². The number of benzene rings is 1. The van der Waals surface area contributed by atoms with Crippen LogP contribution in [0.5, 0.6) is 0 Å². The lowest BCUT2D eigenvalue weighted by atomic mass is 10.1. The van der Waals surface area contributed by atoms with Crippen LogP contribution >= 0.6 is 0 Å². The first kappa shape index (κ1) is 14.7. The molecule has 2 amide bonds. The summed E-state index contributed by atoms with van der Waals surface area (Å²) in [6.07, 6.45) is 0. The number of carbonyl (C=O) groups excluding carboxylic acids is 2. The number of carboxylic acids is 1. The molecule has 1 aromatic carbocycles. The fraction of sp³-hybridized carbons (Fsp3) is 0.308. The maximum absolute atomic E-state index is 11.7. The lowest BCUT2D eigenvalue weighted by molar-refractivity contribution is -0.131. The van der Waals surface area contributed by atoms with Gasteiger partial charge in [-0.05, 0) is 24.6 Å². The number of rotatable bonds is 4. The van der Waals surface area contributed by atoms with E-state index in [2.05, 4.69) is 5.32 Å². The number of hydrogen-bond acceptors (Lipinski definition) is 3. The second-order valence-electron chi connectivity index (χ2n) is 4.26. The van der Waals surface area contributed by atoms with E-state index in [1.807, 2.05) is 0 Å². The molecular weight excluding hydrogens is 248 g/mol. The molecule has 0 aromatic heterocycles. The van der Waals surface area contributed by atoms with Gasteiger partial charge in [-0.15, -0.1) is 0 Å². The molecule has 1 rings (SSSR count). The van der Waals surface area contributed by atoms with Crippen LogP contribution in [0.25, 0.3) is 0 Å². The lowest BCUT2D eigenvalue weighted by Crippen LogP contribution is -2.33. The van der Waals surface area contributed by atoms with Crippen LogP contribution in [0.1, 0.15) is 22.8 Å². The summed E-state index contributed by atoms with van der Waals surface area (Å²) in [6.45, 7) is 3.05. The molecule has 0 saturated heterocycles. The highest BCUT2D eigenvalue weighted by Crippen LogP contribution is 2.16. The van der Waals surface area contributed by atoms with Crippen molar-refractivity contribution in [3.05, 3.63) is 29.3 Å². The van der Waals surface area contributed by atoms with Crippen LogP contribution in [0.4, 0.5) is 5.69 Å². The minimum Gasteiger partial charge on any atom is -0.478 e. The van der Waals surface area contributed by atoms with Gasteiger partial charge in [0.2, 0.25) is 11.8 Å². The summed E-state index contributed by atoms with van der Waals surface area (Å²) < 4.78 is 0. The number of likely N-dealkylation sites (N-methyl/N-ethyl adjacent to an activating group) is 1. The van der Waals surface area contributed by atoms with Crippen LogP contribution in [0, 0.1) is 6.92 Å². The van der Waals surface area contributed by atoms with Gasteiger partial charge in [-0.3, -0.25) is 9.59 Å². The zero-order chi connectivity index (χ0) is 14.6. The standard InChI is InChI=1S/C13H16N2O4/c1-8-4-5-10(13(18)19)6-11(8)14-12(17)7-15(3)9(2)16/h4-6H,7H2,1-3H3,(H,14,17)(H,18,19). The van der Waals surface area contributed by atoms with Gasteiger partial charge < -0.3 is 15.3 Å². The molecule has 0 bridgehead atoms. The van der Waals surface area contributed by atoms with Crippen LogP contribution in [-0.4, -0.2) is 41.4 Å². The van der Waals surface area contributed by atoms with Gasteiger partial charge in [-0.2, -0.15) is 0 Å². The molecule has 0 atom stereocenters. The van der Waals surface area contributed by atoms with Crippen molar-refractivity contribution in [3.8, 4) is 0 Å². The smallest absolute Gasteiger partial charge is 0.335 e. The minimum atomic E-state index is -1.06. The molecule has 102 valence electrons.